The highest BCUT2D eigenvalue weighted by molar-refractivity contribution is 9.10. The lowest BCUT2D eigenvalue weighted by atomic mass is 10.3. The summed E-state index contributed by atoms with van der Waals surface area (Å²) in [6, 6.07) is 6.27. The summed E-state index contributed by atoms with van der Waals surface area (Å²) in [5.74, 6) is 1.03. The number of rotatable bonds is 2. The van der Waals surface area contributed by atoms with Gasteiger partial charge in [-0.15, -0.1) is 0 Å². The zero-order valence-electron chi connectivity index (χ0n) is 9.86. The van der Waals surface area contributed by atoms with Gasteiger partial charge in [-0.25, -0.2) is 4.98 Å². The van der Waals surface area contributed by atoms with Crippen molar-refractivity contribution in [3.8, 4) is 6.07 Å². The second-order valence-corrected chi connectivity index (χ2v) is 5.01. The van der Waals surface area contributed by atoms with Crippen LogP contribution in [0.1, 0.15) is 5.69 Å². The Balaban J connectivity index is 2.01. The molecule has 2 heterocycles. The van der Waals surface area contributed by atoms with Crippen LogP contribution in [0.25, 0.3) is 0 Å². The van der Waals surface area contributed by atoms with Crippen LogP contribution in [0.4, 0.5) is 5.82 Å². The highest BCUT2D eigenvalue weighted by atomic mass is 79.9. The number of piperazine rings is 1. The first kappa shape index (κ1) is 12.3. The van der Waals surface area contributed by atoms with E-state index in [1.165, 1.54) is 0 Å². The molecule has 0 bridgehead atoms. The van der Waals surface area contributed by atoms with Crippen LogP contribution in [0.15, 0.2) is 16.6 Å². The molecule has 0 spiro atoms. The molecule has 1 saturated heterocycles. The van der Waals surface area contributed by atoms with Crippen molar-refractivity contribution in [1.82, 2.24) is 9.88 Å². The molecule has 1 aliphatic rings. The zero-order chi connectivity index (χ0) is 12.3. The van der Waals surface area contributed by atoms with Crippen molar-refractivity contribution in [3.05, 3.63) is 22.3 Å². The lowest BCUT2D eigenvalue weighted by Gasteiger charge is -2.34. The number of nitrogens with zero attached hydrogens (tertiary/aromatic N) is 4. The van der Waals surface area contributed by atoms with Crippen molar-refractivity contribution < 1.29 is 0 Å². The summed E-state index contributed by atoms with van der Waals surface area (Å²) in [5, 5.41) is 8.65. The molecule has 0 saturated carbocycles. The topological polar surface area (TPSA) is 43.2 Å². The summed E-state index contributed by atoms with van der Waals surface area (Å²) in [4.78, 5) is 9.00. The lowest BCUT2D eigenvalue weighted by Crippen LogP contribution is -2.46. The van der Waals surface area contributed by atoms with E-state index in [0.29, 0.717) is 6.54 Å². The zero-order valence-corrected chi connectivity index (χ0v) is 11.4. The minimum atomic E-state index is 0.528. The van der Waals surface area contributed by atoms with E-state index in [1.807, 2.05) is 19.1 Å². The largest absolute Gasteiger partial charge is 0.354 e. The van der Waals surface area contributed by atoms with Crippen molar-refractivity contribution in [3.63, 3.8) is 0 Å². The maximum atomic E-state index is 8.65. The quantitative estimate of drug-likeness (QED) is 0.780. The summed E-state index contributed by atoms with van der Waals surface area (Å²) in [5.41, 5.74) is 1.02. The van der Waals surface area contributed by atoms with Gasteiger partial charge in [0, 0.05) is 30.7 Å². The van der Waals surface area contributed by atoms with Gasteiger partial charge in [-0.3, -0.25) is 4.90 Å². The standard InChI is InChI=1S/C12H15BrN4/c1-10-11(13)2-3-12(15-10)17-8-6-16(5-4-14)7-9-17/h2-3H,5-9H2,1H3. The van der Waals surface area contributed by atoms with Crippen molar-refractivity contribution in [2.45, 2.75) is 6.92 Å². The molecular formula is C12H15BrN4. The minimum Gasteiger partial charge on any atom is -0.354 e. The fraction of sp³-hybridized carbons (Fsp3) is 0.500. The number of nitriles is 1. The van der Waals surface area contributed by atoms with Crippen molar-refractivity contribution in [1.29, 1.82) is 5.26 Å². The predicted molar refractivity (Wildman–Crippen MR) is 70.9 cm³/mol. The van der Waals surface area contributed by atoms with Gasteiger partial charge >= 0.3 is 0 Å². The molecule has 90 valence electrons. The molecule has 0 atom stereocenters. The molecule has 0 radical (unpaired) electrons. The van der Waals surface area contributed by atoms with Crippen LogP contribution in [0.3, 0.4) is 0 Å². The van der Waals surface area contributed by atoms with Crippen molar-refractivity contribution in [2.24, 2.45) is 0 Å². The Morgan fingerprint density at radius 3 is 2.65 bits per heavy atom. The Morgan fingerprint density at radius 2 is 2.06 bits per heavy atom. The highest BCUT2D eigenvalue weighted by Crippen LogP contribution is 2.19. The van der Waals surface area contributed by atoms with Gasteiger partial charge in [-0.1, -0.05) is 0 Å². The Kier molecular flexibility index (Phi) is 3.97. The highest BCUT2D eigenvalue weighted by Gasteiger charge is 2.17. The fourth-order valence-electron chi connectivity index (χ4n) is 1.94. The molecule has 0 aliphatic carbocycles. The summed E-state index contributed by atoms with van der Waals surface area (Å²) in [7, 11) is 0. The molecule has 1 fully saturated rings. The number of halogens is 1. The number of aromatic nitrogens is 1. The summed E-state index contributed by atoms with van der Waals surface area (Å²) in [6.07, 6.45) is 0. The van der Waals surface area contributed by atoms with Crippen LogP contribution in [0.5, 0.6) is 0 Å². The SMILES string of the molecule is Cc1nc(N2CCN(CC#N)CC2)ccc1Br. The Hall–Kier alpha value is -1.12. The first-order valence-corrected chi connectivity index (χ1v) is 6.47. The van der Waals surface area contributed by atoms with Crippen molar-refractivity contribution >= 4 is 21.7 Å². The molecule has 2 rings (SSSR count). The van der Waals surface area contributed by atoms with Crippen LogP contribution >= 0.6 is 15.9 Å². The molecule has 0 unspecified atom stereocenters. The van der Waals surface area contributed by atoms with Gasteiger partial charge in [0.25, 0.3) is 0 Å². The lowest BCUT2D eigenvalue weighted by molar-refractivity contribution is 0.286. The average molecular weight is 295 g/mol. The molecular weight excluding hydrogens is 280 g/mol. The third kappa shape index (κ3) is 2.96. The number of hydrogen-bond acceptors (Lipinski definition) is 4. The molecule has 0 amide bonds. The smallest absolute Gasteiger partial charge is 0.128 e. The molecule has 0 aromatic carbocycles. The van der Waals surface area contributed by atoms with E-state index in [-0.39, 0.29) is 0 Å². The van der Waals surface area contributed by atoms with Gasteiger partial charge in [0.1, 0.15) is 5.82 Å². The van der Waals surface area contributed by atoms with Gasteiger partial charge < -0.3 is 4.90 Å². The summed E-state index contributed by atoms with van der Waals surface area (Å²) >= 11 is 3.46. The van der Waals surface area contributed by atoms with Gasteiger partial charge in [-0.2, -0.15) is 5.26 Å². The third-order valence-corrected chi connectivity index (χ3v) is 3.84. The molecule has 1 aromatic heterocycles. The average Bonchev–Trinajstić information content (AvgIpc) is 2.34. The van der Waals surface area contributed by atoms with E-state index in [4.69, 9.17) is 5.26 Å². The minimum absolute atomic E-state index is 0.528. The second kappa shape index (κ2) is 5.48. The third-order valence-electron chi connectivity index (χ3n) is 3.00. The number of anilines is 1. The molecule has 0 N–H and O–H groups in total. The Bertz CT molecular complexity index is 433. The number of hydrogen-bond donors (Lipinski definition) is 0. The van der Waals surface area contributed by atoms with Gasteiger partial charge in [0.2, 0.25) is 0 Å². The van der Waals surface area contributed by atoms with E-state index in [2.05, 4.69) is 36.8 Å². The molecule has 4 nitrogen and oxygen atoms in total. The first-order chi connectivity index (χ1) is 8.20. The second-order valence-electron chi connectivity index (χ2n) is 4.16. The Morgan fingerprint density at radius 1 is 1.35 bits per heavy atom. The van der Waals surface area contributed by atoms with E-state index < -0.39 is 0 Å². The van der Waals surface area contributed by atoms with E-state index in [9.17, 15) is 0 Å². The van der Waals surface area contributed by atoms with Crippen molar-refractivity contribution in [2.75, 3.05) is 37.6 Å². The van der Waals surface area contributed by atoms with Gasteiger partial charge in [0.05, 0.1) is 18.3 Å². The maximum absolute atomic E-state index is 8.65. The van der Waals surface area contributed by atoms with E-state index in [0.717, 1.165) is 42.2 Å². The molecule has 1 aromatic rings. The molecule has 1 aliphatic heterocycles. The van der Waals surface area contributed by atoms with Crippen LogP contribution < -0.4 is 4.90 Å². The summed E-state index contributed by atoms with van der Waals surface area (Å²) in [6.45, 7) is 6.28. The van der Waals surface area contributed by atoms with E-state index >= 15 is 0 Å². The van der Waals surface area contributed by atoms with Crippen LogP contribution in [-0.2, 0) is 0 Å². The normalized spacial score (nSPS) is 16.9. The number of aryl methyl sites for hydroxylation is 1. The van der Waals surface area contributed by atoms with Crippen LogP contribution in [-0.4, -0.2) is 42.6 Å². The molecule has 17 heavy (non-hydrogen) atoms. The molecule has 5 heteroatoms. The summed E-state index contributed by atoms with van der Waals surface area (Å²) < 4.78 is 1.05. The monoisotopic (exact) mass is 294 g/mol. The van der Waals surface area contributed by atoms with Crippen LogP contribution in [0.2, 0.25) is 0 Å². The van der Waals surface area contributed by atoms with E-state index in [1.54, 1.807) is 0 Å². The Labute approximate surface area is 110 Å². The number of pyridine rings is 1. The fourth-order valence-corrected chi connectivity index (χ4v) is 2.16. The van der Waals surface area contributed by atoms with Gasteiger partial charge in [0.15, 0.2) is 0 Å². The van der Waals surface area contributed by atoms with Gasteiger partial charge in [-0.05, 0) is 35.0 Å². The predicted octanol–water partition coefficient (Wildman–Crippen LogP) is 1.80. The first-order valence-electron chi connectivity index (χ1n) is 5.68. The van der Waals surface area contributed by atoms with Crippen LogP contribution in [0, 0.1) is 18.3 Å². The maximum Gasteiger partial charge on any atom is 0.128 e.